The molecule has 1 aliphatic heterocycles. The molecule has 0 amide bonds. The number of anilines is 2. The first-order valence-corrected chi connectivity index (χ1v) is 10.4. The van der Waals surface area contributed by atoms with Gasteiger partial charge in [-0.05, 0) is 48.7 Å². The third-order valence-corrected chi connectivity index (χ3v) is 5.85. The molecule has 3 aromatic carbocycles. The van der Waals surface area contributed by atoms with Crippen molar-refractivity contribution in [2.24, 2.45) is 0 Å². The van der Waals surface area contributed by atoms with E-state index in [9.17, 15) is 14.7 Å². The van der Waals surface area contributed by atoms with Gasteiger partial charge in [-0.2, -0.15) is 0 Å². The molecule has 0 aromatic heterocycles. The summed E-state index contributed by atoms with van der Waals surface area (Å²) >= 11 is 0. The van der Waals surface area contributed by atoms with Crippen molar-refractivity contribution in [3.8, 4) is 5.75 Å². The van der Waals surface area contributed by atoms with Crippen LogP contribution >= 0.6 is 0 Å². The lowest BCUT2D eigenvalue weighted by molar-refractivity contribution is -0.116. The third-order valence-electron chi connectivity index (χ3n) is 5.85. The number of hydrogen-bond acceptors (Lipinski definition) is 5. The molecule has 0 saturated heterocycles. The summed E-state index contributed by atoms with van der Waals surface area (Å²) in [6, 6.07) is 21.3. The van der Waals surface area contributed by atoms with Crippen molar-refractivity contribution in [1.29, 1.82) is 0 Å². The van der Waals surface area contributed by atoms with Crippen LogP contribution in [0.2, 0.25) is 0 Å². The van der Waals surface area contributed by atoms with E-state index in [1.54, 1.807) is 36.4 Å². The Morgan fingerprint density at radius 2 is 1.71 bits per heavy atom. The molecule has 1 atom stereocenters. The van der Waals surface area contributed by atoms with E-state index < -0.39 is 0 Å². The number of Topliss-reactive ketones (excluding diaryl/α,β-unsaturated/α-hetero) is 1. The number of ketones is 2. The van der Waals surface area contributed by atoms with Crippen LogP contribution in [0.5, 0.6) is 5.75 Å². The fraction of sp³-hybridized carbons (Fsp3) is 0.154. The van der Waals surface area contributed by atoms with Crippen molar-refractivity contribution in [2.75, 3.05) is 10.6 Å². The average molecular weight is 410 g/mol. The zero-order chi connectivity index (χ0) is 21.4. The number of fused-ring (bicyclic) bond motifs is 1. The van der Waals surface area contributed by atoms with E-state index >= 15 is 0 Å². The van der Waals surface area contributed by atoms with Gasteiger partial charge >= 0.3 is 0 Å². The maximum absolute atomic E-state index is 12.9. The van der Waals surface area contributed by atoms with Gasteiger partial charge in [0.25, 0.3) is 0 Å². The average Bonchev–Trinajstić information content (AvgIpc) is 2.96. The van der Waals surface area contributed by atoms with Gasteiger partial charge in [-0.3, -0.25) is 9.59 Å². The zero-order valence-electron chi connectivity index (χ0n) is 16.9. The second kappa shape index (κ2) is 7.76. The zero-order valence-corrected chi connectivity index (χ0v) is 16.9. The number of phenolic OH excluding ortho intramolecular Hbond substituents is 1. The number of carbonyl (C=O) groups is 2. The molecule has 5 rings (SSSR count). The van der Waals surface area contributed by atoms with Crippen LogP contribution in [0.25, 0.3) is 0 Å². The van der Waals surface area contributed by atoms with Crippen LogP contribution in [0.1, 0.15) is 46.8 Å². The van der Waals surface area contributed by atoms with Crippen molar-refractivity contribution in [2.45, 2.75) is 25.3 Å². The highest BCUT2D eigenvalue weighted by Crippen LogP contribution is 2.41. The van der Waals surface area contributed by atoms with Gasteiger partial charge in [-0.15, -0.1) is 0 Å². The molecule has 154 valence electrons. The lowest BCUT2D eigenvalue weighted by atomic mass is 9.86. The summed E-state index contributed by atoms with van der Waals surface area (Å²) in [5.41, 5.74) is 5.19. The second-order valence-electron chi connectivity index (χ2n) is 7.92. The Bertz CT molecular complexity index is 1210. The summed E-state index contributed by atoms with van der Waals surface area (Å²) in [4.78, 5) is 25.8. The van der Waals surface area contributed by atoms with Gasteiger partial charge in [0.05, 0.1) is 17.4 Å². The normalized spacial score (nSPS) is 17.7. The molecule has 3 aromatic rings. The van der Waals surface area contributed by atoms with Crippen molar-refractivity contribution >= 4 is 22.9 Å². The number of hydrogen-bond donors (Lipinski definition) is 3. The summed E-state index contributed by atoms with van der Waals surface area (Å²) in [6.45, 7) is 0. The number of allylic oxidation sites excluding steroid dienone is 1. The molecule has 1 heterocycles. The molecule has 0 fully saturated rings. The summed E-state index contributed by atoms with van der Waals surface area (Å²) < 4.78 is 0. The van der Waals surface area contributed by atoms with Gasteiger partial charge in [0.15, 0.2) is 11.6 Å². The minimum Gasteiger partial charge on any atom is -0.508 e. The maximum atomic E-state index is 12.9. The molecule has 2 aliphatic rings. The minimum atomic E-state index is -0.376. The fourth-order valence-electron chi connectivity index (χ4n) is 4.34. The molecule has 0 spiro atoms. The fourth-order valence-corrected chi connectivity index (χ4v) is 4.34. The maximum Gasteiger partial charge on any atom is 0.193 e. The van der Waals surface area contributed by atoms with E-state index in [-0.39, 0.29) is 23.4 Å². The number of benzene rings is 3. The second-order valence-corrected chi connectivity index (χ2v) is 7.92. The Morgan fingerprint density at radius 1 is 0.871 bits per heavy atom. The highest BCUT2D eigenvalue weighted by molar-refractivity contribution is 6.10. The quantitative estimate of drug-likeness (QED) is 0.517. The van der Waals surface area contributed by atoms with E-state index in [4.69, 9.17) is 0 Å². The molecule has 1 aliphatic carbocycles. The first-order chi connectivity index (χ1) is 15.1. The van der Waals surface area contributed by atoms with Gasteiger partial charge in [-0.1, -0.05) is 42.5 Å². The number of nitrogens with one attached hydrogen (secondary N) is 2. The predicted octanol–water partition coefficient (Wildman–Crippen LogP) is 5.21. The van der Waals surface area contributed by atoms with E-state index in [1.165, 1.54) is 0 Å². The molecule has 31 heavy (non-hydrogen) atoms. The summed E-state index contributed by atoms with van der Waals surface area (Å²) in [6.07, 6.45) is 2.05. The van der Waals surface area contributed by atoms with Gasteiger partial charge in [0.2, 0.25) is 0 Å². The first-order valence-electron chi connectivity index (χ1n) is 10.4. The highest BCUT2D eigenvalue weighted by atomic mass is 16.3. The molecule has 0 radical (unpaired) electrons. The summed E-state index contributed by atoms with van der Waals surface area (Å²) in [7, 11) is 0. The molecular weight excluding hydrogens is 388 g/mol. The molecule has 5 heteroatoms. The van der Waals surface area contributed by atoms with E-state index in [0.717, 1.165) is 35.5 Å². The minimum absolute atomic E-state index is 0.0482. The van der Waals surface area contributed by atoms with Crippen LogP contribution in [0.4, 0.5) is 11.4 Å². The Kier molecular flexibility index (Phi) is 4.79. The van der Waals surface area contributed by atoms with Crippen LogP contribution < -0.4 is 10.6 Å². The lowest BCUT2D eigenvalue weighted by Crippen LogP contribution is -2.23. The molecular formula is C26H22N2O3. The monoisotopic (exact) mass is 410 g/mol. The SMILES string of the molecule is O=C1CCCC2=C1[C@H](c1cccc(O)c1)Nc1ccc(C(=O)c3ccccc3)cc1N2. The Morgan fingerprint density at radius 3 is 2.52 bits per heavy atom. The summed E-state index contributed by atoms with van der Waals surface area (Å²) in [5, 5.41) is 16.9. The Labute approximate surface area is 180 Å². The Balaban J connectivity index is 1.59. The molecule has 0 saturated carbocycles. The van der Waals surface area contributed by atoms with Crippen molar-refractivity contribution in [1.82, 2.24) is 0 Å². The third kappa shape index (κ3) is 3.59. The van der Waals surface area contributed by atoms with E-state index in [1.807, 2.05) is 36.4 Å². The van der Waals surface area contributed by atoms with Crippen molar-refractivity contribution in [3.05, 3.63) is 101 Å². The van der Waals surface area contributed by atoms with Crippen molar-refractivity contribution in [3.63, 3.8) is 0 Å². The van der Waals surface area contributed by atoms with Gasteiger partial charge in [0.1, 0.15) is 5.75 Å². The van der Waals surface area contributed by atoms with Gasteiger partial charge < -0.3 is 15.7 Å². The van der Waals surface area contributed by atoms with Gasteiger partial charge in [-0.25, -0.2) is 0 Å². The molecule has 0 unspecified atom stereocenters. The van der Waals surface area contributed by atoms with Crippen LogP contribution in [0.3, 0.4) is 0 Å². The van der Waals surface area contributed by atoms with Crippen LogP contribution in [0.15, 0.2) is 84.1 Å². The highest BCUT2D eigenvalue weighted by Gasteiger charge is 2.32. The van der Waals surface area contributed by atoms with Crippen LogP contribution in [-0.2, 0) is 4.79 Å². The molecule has 0 bridgehead atoms. The van der Waals surface area contributed by atoms with Crippen LogP contribution in [0, 0.1) is 0 Å². The van der Waals surface area contributed by atoms with Gasteiger partial charge in [0, 0.05) is 28.8 Å². The van der Waals surface area contributed by atoms with E-state index in [0.29, 0.717) is 23.1 Å². The van der Waals surface area contributed by atoms with Crippen molar-refractivity contribution < 1.29 is 14.7 Å². The predicted molar refractivity (Wildman–Crippen MR) is 120 cm³/mol. The lowest BCUT2D eigenvalue weighted by Gasteiger charge is -2.25. The number of rotatable bonds is 3. The Hall–Kier alpha value is -3.86. The van der Waals surface area contributed by atoms with Crippen LogP contribution in [-0.4, -0.2) is 16.7 Å². The topological polar surface area (TPSA) is 78.4 Å². The largest absolute Gasteiger partial charge is 0.508 e. The molecule has 3 N–H and O–H groups in total. The smallest absolute Gasteiger partial charge is 0.193 e. The standard InChI is InChI=1S/C26H22N2O3/c29-19-9-4-8-17(14-19)25-24-21(10-5-11-23(24)30)27-22-15-18(12-13-20(22)28-25)26(31)16-6-2-1-3-7-16/h1-4,6-9,12-15,25,27-29H,5,10-11H2/t25-/m0/s1. The number of aromatic hydroxyl groups is 1. The number of phenols is 1. The number of carbonyl (C=O) groups excluding carboxylic acids is 2. The summed E-state index contributed by atoms with van der Waals surface area (Å²) in [5.74, 6) is 0.210. The first kappa shape index (κ1) is 19.1. The van der Waals surface area contributed by atoms with E-state index in [2.05, 4.69) is 10.6 Å². The molecule has 5 nitrogen and oxygen atoms in total.